The van der Waals surface area contributed by atoms with Gasteiger partial charge in [-0.15, -0.1) is 0 Å². The molecule has 1 aromatic heterocycles. The number of benzene rings is 5. The maximum atomic E-state index is 6.73. The Morgan fingerprint density at radius 2 is 0.941 bits per heavy atom. The molecule has 0 aliphatic heterocycles. The van der Waals surface area contributed by atoms with Crippen molar-refractivity contribution in [3.8, 4) is 44.9 Å². The lowest BCUT2D eigenvalue weighted by Crippen LogP contribution is -1.88. The second-order valence-electron chi connectivity index (χ2n) is 8.61. The van der Waals surface area contributed by atoms with Crippen LogP contribution in [0.2, 0.25) is 0 Å². The first-order chi connectivity index (χ1) is 16.8. The molecule has 0 aliphatic carbocycles. The SMILES string of the molecule is Cc1cccc(-c2ccccc2)c1-c1oc(-c2ccc(-c3ccccc3)cc2)c2ccccc12. The molecular weight excluding hydrogens is 412 g/mol. The molecule has 162 valence electrons. The van der Waals surface area contributed by atoms with Crippen LogP contribution in [0, 0.1) is 6.92 Å². The van der Waals surface area contributed by atoms with E-state index < -0.39 is 0 Å². The van der Waals surface area contributed by atoms with Crippen LogP contribution in [0.5, 0.6) is 0 Å². The predicted octanol–water partition coefficient (Wildman–Crippen LogP) is 9.41. The maximum Gasteiger partial charge on any atom is 0.143 e. The molecule has 0 saturated heterocycles. The molecule has 0 unspecified atom stereocenters. The van der Waals surface area contributed by atoms with Gasteiger partial charge in [0, 0.05) is 21.9 Å². The Hall–Kier alpha value is -4.36. The van der Waals surface area contributed by atoms with Crippen LogP contribution >= 0.6 is 0 Å². The van der Waals surface area contributed by atoms with Crippen molar-refractivity contribution in [2.45, 2.75) is 6.92 Å². The molecule has 5 aromatic carbocycles. The van der Waals surface area contributed by atoms with Crippen LogP contribution in [-0.4, -0.2) is 0 Å². The lowest BCUT2D eigenvalue weighted by molar-refractivity contribution is 0.602. The van der Waals surface area contributed by atoms with Gasteiger partial charge in [0.05, 0.1) is 0 Å². The van der Waals surface area contributed by atoms with E-state index in [0.29, 0.717) is 0 Å². The summed E-state index contributed by atoms with van der Waals surface area (Å²) in [7, 11) is 0. The van der Waals surface area contributed by atoms with Gasteiger partial charge in [0.2, 0.25) is 0 Å². The monoisotopic (exact) mass is 436 g/mol. The Kier molecular flexibility index (Phi) is 5.08. The highest BCUT2D eigenvalue weighted by molar-refractivity contribution is 6.05. The van der Waals surface area contributed by atoms with Gasteiger partial charge in [-0.25, -0.2) is 0 Å². The summed E-state index contributed by atoms with van der Waals surface area (Å²) >= 11 is 0. The third-order valence-electron chi connectivity index (χ3n) is 6.46. The largest absolute Gasteiger partial charge is 0.455 e. The fourth-order valence-corrected chi connectivity index (χ4v) is 4.76. The highest BCUT2D eigenvalue weighted by Crippen LogP contribution is 2.44. The first kappa shape index (κ1) is 20.3. The fourth-order valence-electron chi connectivity index (χ4n) is 4.76. The molecule has 6 rings (SSSR count). The van der Waals surface area contributed by atoms with Crippen molar-refractivity contribution >= 4 is 10.8 Å². The van der Waals surface area contributed by atoms with Gasteiger partial charge >= 0.3 is 0 Å². The van der Waals surface area contributed by atoms with Gasteiger partial charge in [0.25, 0.3) is 0 Å². The van der Waals surface area contributed by atoms with Crippen LogP contribution in [0.3, 0.4) is 0 Å². The molecule has 0 amide bonds. The minimum absolute atomic E-state index is 0.910. The Balaban J connectivity index is 1.53. The van der Waals surface area contributed by atoms with E-state index in [1.54, 1.807) is 0 Å². The fraction of sp³-hybridized carbons (Fsp3) is 0.0303. The zero-order chi connectivity index (χ0) is 22.9. The molecule has 1 nitrogen and oxygen atoms in total. The van der Waals surface area contributed by atoms with E-state index in [1.165, 1.54) is 27.8 Å². The van der Waals surface area contributed by atoms with Gasteiger partial charge in [-0.1, -0.05) is 127 Å². The van der Waals surface area contributed by atoms with Crippen LogP contribution in [0.25, 0.3) is 55.7 Å². The van der Waals surface area contributed by atoms with Gasteiger partial charge in [-0.05, 0) is 34.7 Å². The van der Waals surface area contributed by atoms with Crippen molar-refractivity contribution < 1.29 is 4.42 Å². The topological polar surface area (TPSA) is 13.1 Å². The van der Waals surface area contributed by atoms with Gasteiger partial charge in [-0.2, -0.15) is 0 Å². The summed E-state index contributed by atoms with van der Waals surface area (Å²) in [6, 6.07) is 44.6. The van der Waals surface area contributed by atoms with Gasteiger partial charge < -0.3 is 4.42 Å². The lowest BCUT2D eigenvalue weighted by atomic mass is 9.93. The Morgan fingerprint density at radius 3 is 1.62 bits per heavy atom. The predicted molar refractivity (Wildman–Crippen MR) is 143 cm³/mol. The quantitative estimate of drug-likeness (QED) is 0.268. The average molecular weight is 437 g/mol. The summed E-state index contributed by atoms with van der Waals surface area (Å²) in [5.74, 6) is 1.84. The number of fused-ring (bicyclic) bond motifs is 1. The molecule has 34 heavy (non-hydrogen) atoms. The smallest absolute Gasteiger partial charge is 0.143 e. The first-order valence-corrected chi connectivity index (χ1v) is 11.6. The Morgan fingerprint density at radius 1 is 0.412 bits per heavy atom. The second-order valence-corrected chi connectivity index (χ2v) is 8.61. The third kappa shape index (κ3) is 3.52. The van der Waals surface area contributed by atoms with Crippen LogP contribution in [0.15, 0.2) is 132 Å². The van der Waals surface area contributed by atoms with Crippen molar-refractivity contribution in [3.05, 3.63) is 133 Å². The first-order valence-electron chi connectivity index (χ1n) is 11.6. The molecule has 0 bridgehead atoms. The standard InChI is InChI=1S/C33H24O/c1-23-11-10-18-28(26-14-6-3-7-15-26)31(23)33-30-17-9-8-16-29(30)32(34-33)27-21-19-25(20-22-27)24-12-4-2-5-13-24/h2-22H,1H3. The molecule has 0 N–H and O–H groups in total. The second kappa shape index (κ2) is 8.53. The normalized spacial score (nSPS) is 11.1. The summed E-state index contributed by atoms with van der Waals surface area (Å²) in [5.41, 5.74) is 8.22. The van der Waals surface area contributed by atoms with Crippen molar-refractivity contribution in [2.75, 3.05) is 0 Å². The molecule has 0 spiro atoms. The molecule has 6 aromatic rings. The summed E-state index contributed by atoms with van der Waals surface area (Å²) < 4.78 is 6.73. The third-order valence-corrected chi connectivity index (χ3v) is 6.46. The van der Waals surface area contributed by atoms with Crippen molar-refractivity contribution in [2.24, 2.45) is 0 Å². The van der Waals surface area contributed by atoms with E-state index in [-0.39, 0.29) is 0 Å². The Bertz CT molecular complexity index is 1570. The molecular formula is C33H24O. The maximum absolute atomic E-state index is 6.73. The van der Waals surface area contributed by atoms with Crippen LogP contribution in [0.1, 0.15) is 5.56 Å². The zero-order valence-corrected chi connectivity index (χ0v) is 19.0. The molecule has 0 atom stereocenters. The number of rotatable bonds is 4. The summed E-state index contributed by atoms with van der Waals surface area (Å²) in [6.45, 7) is 2.16. The van der Waals surface area contributed by atoms with E-state index >= 15 is 0 Å². The summed E-state index contributed by atoms with van der Waals surface area (Å²) in [6.07, 6.45) is 0. The number of hydrogen-bond donors (Lipinski definition) is 0. The van der Waals surface area contributed by atoms with E-state index in [1.807, 2.05) is 6.07 Å². The van der Waals surface area contributed by atoms with Crippen LogP contribution in [-0.2, 0) is 0 Å². The molecule has 0 fully saturated rings. The van der Waals surface area contributed by atoms with E-state index in [2.05, 4.69) is 128 Å². The number of hydrogen-bond acceptors (Lipinski definition) is 1. The lowest BCUT2D eigenvalue weighted by Gasteiger charge is -2.11. The van der Waals surface area contributed by atoms with Crippen LogP contribution < -0.4 is 0 Å². The van der Waals surface area contributed by atoms with E-state index in [0.717, 1.165) is 33.4 Å². The minimum atomic E-state index is 0.910. The average Bonchev–Trinajstić information content (AvgIpc) is 3.29. The number of furan rings is 1. The van der Waals surface area contributed by atoms with Crippen molar-refractivity contribution in [3.63, 3.8) is 0 Å². The molecule has 1 heteroatoms. The zero-order valence-electron chi connectivity index (χ0n) is 19.0. The van der Waals surface area contributed by atoms with Crippen LogP contribution in [0.4, 0.5) is 0 Å². The highest BCUT2D eigenvalue weighted by Gasteiger charge is 2.20. The van der Waals surface area contributed by atoms with Gasteiger partial charge in [-0.3, -0.25) is 0 Å². The van der Waals surface area contributed by atoms with Crippen molar-refractivity contribution in [1.82, 2.24) is 0 Å². The highest BCUT2D eigenvalue weighted by atomic mass is 16.3. The molecule has 0 saturated carbocycles. The number of aryl methyl sites for hydroxylation is 1. The summed E-state index contributed by atoms with van der Waals surface area (Å²) in [4.78, 5) is 0. The molecule has 0 radical (unpaired) electrons. The van der Waals surface area contributed by atoms with Gasteiger partial charge in [0.1, 0.15) is 11.5 Å². The van der Waals surface area contributed by atoms with E-state index in [9.17, 15) is 0 Å². The summed E-state index contributed by atoms with van der Waals surface area (Å²) in [5, 5.41) is 2.27. The molecule has 0 aliphatic rings. The molecule has 1 heterocycles. The van der Waals surface area contributed by atoms with Crippen molar-refractivity contribution in [1.29, 1.82) is 0 Å². The van der Waals surface area contributed by atoms with E-state index in [4.69, 9.17) is 4.42 Å². The minimum Gasteiger partial charge on any atom is -0.455 e. The van der Waals surface area contributed by atoms with Gasteiger partial charge in [0.15, 0.2) is 0 Å². The Labute approximate surface area is 200 Å².